The van der Waals surface area contributed by atoms with Crippen molar-refractivity contribution >= 4 is 0 Å². The van der Waals surface area contributed by atoms with Crippen molar-refractivity contribution in [1.82, 2.24) is 24.5 Å². The van der Waals surface area contributed by atoms with E-state index >= 15 is 0 Å². The molecular weight excluding hydrogens is 254 g/mol. The second-order valence-corrected chi connectivity index (χ2v) is 4.56. The van der Waals surface area contributed by atoms with Gasteiger partial charge in [-0.3, -0.25) is 9.25 Å². The van der Waals surface area contributed by atoms with Crippen molar-refractivity contribution in [3.8, 4) is 23.0 Å². The van der Waals surface area contributed by atoms with Crippen molar-refractivity contribution in [2.45, 2.75) is 20.1 Å². The average Bonchev–Trinajstić information content (AvgIpc) is 3.12. The lowest BCUT2D eigenvalue weighted by Crippen LogP contribution is -2.14. The van der Waals surface area contributed by atoms with Crippen molar-refractivity contribution in [2.75, 3.05) is 0 Å². The first kappa shape index (κ1) is 11.2. The number of para-hydroxylation sites is 2. The highest BCUT2D eigenvalue weighted by Crippen LogP contribution is 2.32. The molecule has 1 aromatic carbocycles. The van der Waals surface area contributed by atoms with E-state index in [1.165, 1.54) is 0 Å². The summed E-state index contributed by atoms with van der Waals surface area (Å²) in [6, 6.07) is 9.87. The van der Waals surface area contributed by atoms with Crippen LogP contribution >= 0.6 is 0 Å². The van der Waals surface area contributed by atoms with Gasteiger partial charge in [-0.1, -0.05) is 12.1 Å². The van der Waals surface area contributed by atoms with Crippen LogP contribution in [-0.2, 0) is 13.2 Å². The maximum Gasteiger partial charge on any atom is 0.187 e. The Bertz CT molecular complexity index is 773. The molecule has 0 radical (unpaired) electrons. The molecular formula is C14H13N5O. The molecule has 0 fully saturated rings. The van der Waals surface area contributed by atoms with Crippen LogP contribution < -0.4 is 4.74 Å². The fraction of sp³-hybridized carbons (Fsp3) is 0.214. The minimum atomic E-state index is 0.435. The SMILES string of the molecule is CCn1nccc1-c1nnc2n1-c1ccccc1OC2. The van der Waals surface area contributed by atoms with Gasteiger partial charge in [0.25, 0.3) is 0 Å². The Balaban J connectivity index is 1.96. The molecule has 0 atom stereocenters. The predicted octanol–water partition coefficient (Wildman–Crippen LogP) is 2.04. The Morgan fingerprint density at radius 3 is 3.00 bits per heavy atom. The van der Waals surface area contributed by atoms with Gasteiger partial charge in [0.2, 0.25) is 0 Å². The lowest BCUT2D eigenvalue weighted by molar-refractivity contribution is 0.279. The Morgan fingerprint density at radius 1 is 1.20 bits per heavy atom. The van der Waals surface area contributed by atoms with Gasteiger partial charge in [-0.25, -0.2) is 0 Å². The zero-order valence-corrected chi connectivity index (χ0v) is 11.0. The zero-order chi connectivity index (χ0) is 13.5. The van der Waals surface area contributed by atoms with Crippen molar-refractivity contribution in [1.29, 1.82) is 0 Å². The summed E-state index contributed by atoms with van der Waals surface area (Å²) < 4.78 is 9.65. The Labute approximate surface area is 115 Å². The van der Waals surface area contributed by atoms with Gasteiger partial charge >= 0.3 is 0 Å². The Kier molecular flexibility index (Phi) is 2.35. The van der Waals surface area contributed by atoms with Crippen molar-refractivity contribution in [2.24, 2.45) is 0 Å². The van der Waals surface area contributed by atoms with Gasteiger partial charge in [0.15, 0.2) is 11.6 Å². The van der Waals surface area contributed by atoms with E-state index in [4.69, 9.17) is 4.74 Å². The van der Waals surface area contributed by atoms with Gasteiger partial charge in [0, 0.05) is 12.7 Å². The smallest absolute Gasteiger partial charge is 0.187 e. The highest BCUT2D eigenvalue weighted by molar-refractivity contribution is 5.59. The summed E-state index contributed by atoms with van der Waals surface area (Å²) in [4.78, 5) is 0. The van der Waals surface area contributed by atoms with Gasteiger partial charge in [0.1, 0.15) is 18.1 Å². The van der Waals surface area contributed by atoms with Crippen molar-refractivity contribution < 1.29 is 4.74 Å². The van der Waals surface area contributed by atoms with Crippen LogP contribution in [0.5, 0.6) is 5.75 Å². The van der Waals surface area contributed by atoms with E-state index in [1.54, 1.807) is 6.20 Å². The largest absolute Gasteiger partial charge is 0.483 e. The molecule has 20 heavy (non-hydrogen) atoms. The summed E-state index contributed by atoms with van der Waals surface area (Å²) in [5.74, 6) is 2.46. The molecule has 3 aromatic rings. The third kappa shape index (κ3) is 1.48. The molecule has 0 aliphatic carbocycles. The molecule has 0 bridgehead atoms. The van der Waals surface area contributed by atoms with Crippen LogP contribution in [0.15, 0.2) is 36.5 Å². The highest BCUT2D eigenvalue weighted by atomic mass is 16.5. The first-order chi connectivity index (χ1) is 9.88. The number of hydrogen-bond donors (Lipinski definition) is 0. The number of benzene rings is 1. The molecule has 2 aromatic heterocycles. The molecule has 6 heteroatoms. The Morgan fingerprint density at radius 2 is 2.10 bits per heavy atom. The molecule has 4 rings (SSSR count). The molecule has 1 aliphatic heterocycles. The second kappa shape index (κ2) is 4.19. The van der Waals surface area contributed by atoms with Crippen molar-refractivity contribution in [3.63, 3.8) is 0 Å². The van der Waals surface area contributed by atoms with Crippen molar-refractivity contribution in [3.05, 3.63) is 42.4 Å². The summed E-state index contributed by atoms with van der Waals surface area (Å²) in [5.41, 5.74) is 1.93. The molecule has 6 nitrogen and oxygen atoms in total. The number of nitrogens with zero attached hydrogens (tertiary/aromatic N) is 5. The topological polar surface area (TPSA) is 57.8 Å². The summed E-state index contributed by atoms with van der Waals surface area (Å²) in [5, 5.41) is 12.9. The van der Waals surface area contributed by atoms with E-state index in [0.29, 0.717) is 6.61 Å². The molecule has 0 saturated carbocycles. The normalized spacial score (nSPS) is 12.7. The fourth-order valence-corrected chi connectivity index (χ4v) is 2.51. The van der Waals surface area contributed by atoms with Crippen LogP contribution in [0.4, 0.5) is 0 Å². The average molecular weight is 267 g/mol. The monoisotopic (exact) mass is 267 g/mol. The van der Waals surface area contributed by atoms with Gasteiger partial charge in [-0.05, 0) is 25.1 Å². The third-order valence-electron chi connectivity index (χ3n) is 3.44. The van der Waals surface area contributed by atoms with Crippen LogP contribution in [0.3, 0.4) is 0 Å². The van der Waals surface area contributed by atoms with E-state index in [9.17, 15) is 0 Å². The Hall–Kier alpha value is -2.63. The molecule has 100 valence electrons. The molecule has 0 unspecified atom stereocenters. The van der Waals surface area contributed by atoms with E-state index < -0.39 is 0 Å². The summed E-state index contributed by atoms with van der Waals surface area (Å²) in [6.07, 6.45) is 1.78. The first-order valence-corrected chi connectivity index (χ1v) is 6.57. The number of aromatic nitrogens is 5. The lowest BCUT2D eigenvalue weighted by Gasteiger charge is -2.19. The van der Waals surface area contributed by atoms with Gasteiger partial charge in [-0.2, -0.15) is 5.10 Å². The first-order valence-electron chi connectivity index (χ1n) is 6.57. The molecule has 3 heterocycles. The molecule has 0 saturated heterocycles. The molecule has 0 N–H and O–H groups in total. The number of ether oxygens (including phenoxy) is 1. The van der Waals surface area contributed by atoms with Crippen LogP contribution in [0.25, 0.3) is 17.2 Å². The predicted molar refractivity (Wildman–Crippen MR) is 72.6 cm³/mol. The summed E-state index contributed by atoms with van der Waals surface area (Å²) in [6.45, 7) is 3.29. The third-order valence-corrected chi connectivity index (χ3v) is 3.44. The van der Waals surface area contributed by atoms with E-state index in [-0.39, 0.29) is 0 Å². The maximum absolute atomic E-state index is 5.69. The minimum absolute atomic E-state index is 0.435. The summed E-state index contributed by atoms with van der Waals surface area (Å²) in [7, 11) is 0. The zero-order valence-electron chi connectivity index (χ0n) is 11.0. The molecule has 1 aliphatic rings. The number of fused-ring (bicyclic) bond motifs is 3. The maximum atomic E-state index is 5.69. The second-order valence-electron chi connectivity index (χ2n) is 4.56. The molecule has 0 spiro atoms. The highest BCUT2D eigenvalue weighted by Gasteiger charge is 2.24. The van der Waals surface area contributed by atoms with Crippen LogP contribution in [-0.4, -0.2) is 24.5 Å². The quantitative estimate of drug-likeness (QED) is 0.713. The van der Waals surface area contributed by atoms with E-state index in [0.717, 1.165) is 35.3 Å². The number of hydrogen-bond acceptors (Lipinski definition) is 4. The summed E-state index contributed by atoms with van der Waals surface area (Å²) >= 11 is 0. The van der Waals surface area contributed by atoms with E-state index in [1.807, 2.05) is 39.6 Å². The standard InChI is InChI=1S/C14H13N5O/c1-2-18-11(7-8-15-18)14-17-16-13-9-20-12-6-4-3-5-10(12)19(13)14/h3-8H,2,9H2,1H3. The molecule has 0 amide bonds. The van der Waals surface area contributed by atoms with Crippen LogP contribution in [0.1, 0.15) is 12.7 Å². The van der Waals surface area contributed by atoms with Gasteiger partial charge in [0.05, 0.1) is 5.69 Å². The minimum Gasteiger partial charge on any atom is -0.483 e. The number of rotatable bonds is 2. The van der Waals surface area contributed by atoms with Crippen LogP contribution in [0, 0.1) is 0 Å². The van der Waals surface area contributed by atoms with E-state index in [2.05, 4.69) is 22.2 Å². The fourth-order valence-electron chi connectivity index (χ4n) is 2.51. The lowest BCUT2D eigenvalue weighted by atomic mass is 10.2. The van der Waals surface area contributed by atoms with Gasteiger partial charge < -0.3 is 4.74 Å². The van der Waals surface area contributed by atoms with Gasteiger partial charge in [-0.15, -0.1) is 10.2 Å². The van der Waals surface area contributed by atoms with Crippen LogP contribution in [0.2, 0.25) is 0 Å². The number of aryl methyl sites for hydroxylation is 1.